The fraction of sp³-hybridized carbons (Fsp3) is 0.562. The van der Waals surface area contributed by atoms with Gasteiger partial charge in [0.25, 0.3) is 0 Å². The highest BCUT2D eigenvalue weighted by atomic mass is 16.5. The molecule has 1 saturated carbocycles. The van der Waals surface area contributed by atoms with E-state index in [0.717, 1.165) is 18.4 Å². The van der Waals surface area contributed by atoms with Gasteiger partial charge in [-0.3, -0.25) is 4.79 Å². The predicted octanol–water partition coefficient (Wildman–Crippen LogP) is 2.75. The molecule has 116 valence electrons. The van der Waals surface area contributed by atoms with Gasteiger partial charge in [0, 0.05) is 12.7 Å². The molecule has 0 aliphatic heterocycles. The van der Waals surface area contributed by atoms with E-state index in [1.807, 2.05) is 6.07 Å². The van der Waals surface area contributed by atoms with Crippen LogP contribution < -0.4 is 9.47 Å². The van der Waals surface area contributed by atoms with Crippen LogP contribution in [0.15, 0.2) is 12.1 Å². The number of rotatable bonds is 6. The molecule has 0 radical (unpaired) electrons. The van der Waals surface area contributed by atoms with Gasteiger partial charge in [0.15, 0.2) is 11.5 Å². The number of methoxy groups -OCH3 is 3. The zero-order valence-electron chi connectivity index (χ0n) is 12.8. The fourth-order valence-corrected chi connectivity index (χ4v) is 3.32. The summed E-state index contributed by atoms with van der Waals surface area (Å²) in [5.41, 5.74) is 0.643. The van der Waals surface area contributed by atoms with Crippen molar-refractivity contribution in [1.29, 1.82) is 0 Å². The Kier molecular flexibility index (Phi) is 4.73. The summed E-state index contributed by atoms with van der Waals surface area (Å²) in [6.45, 7) is 0.352. The number of carboxylic acids is 1. The number of benzene rings is 1. The van der Waals surface area contributed by atoms with Gasteiger partial charge in [0.05, 0.1) is 26.2 Å². The first kappa shape index (κ1) is 15.6. The molecule has 1 fully saturated rings. The van der Waals surface area contributed by atoms with Gasteiger partial charge in [-0.25, -0.2) is 0 Å². The molecule has 21 heavy (non-hydrogen) atoms. The van der Waals surface area contributed by atoms with Crippen molar-refractivity contribution in [2.75, 3.05) is 21.3 Å². The van der Waals surface area contributed by atoms with Crippen molar-refractivity contribution in [3.8, 4) is 11.5 Å². The van der Waals surface area contributed by atoms with Crippen LogP contribution in [0.5, 0.6) is 11.5 Å². The zero-order valence-corrected chi connectivity index (χ0v) is 12.8. The molecular formula is C16H22O5. The highest BCUT2D eigenvalue weighted by molar-refractivity contribution is 5.84. The molecule has 0 heterocycles. The van der Waals surface area contributed by atoms with Gasteiger partial charge in [-0.05, 0) is 24.5 Å². The van der Waals surface area contributed by atoms with Gasteiger partial charge in [-0.2, -0.15) is 0 Å². The molecule has 2 rings (SSSR count). The predicted molar refractivity (Wildman–Crippen MR) is 78.0 cm³/mol. The second-order valence-corrected chi connectivity index (χ2v) is 5.36. The highest BCUT2D eigenvalue weighted by Crippen LogP contribution is 2.49. The molecule has 1 aliphatic carbocycles. The maximum atomic E-state index is 12.0. The van der Waals surface area contributed by atoms with Crippen molar-refractivity contribution in [2.45, 2.75) is 37.7 Å². The summed E-state index contributed by atoms with van der Waals surface area (Å²) in [7, 11) is 4.70. The van der Waals surface area contributed by atoms with Crippen molar-refractivity contribution >= 4 is 5.97 Å². The van der Waals surface area contributed by atoms with Crippen LogP contribution in [0.2, 0.25) is 0 Å². The Bertz CT molecular complexity index is 518. The maximum absolute atomic E-state index is 12.0. The minimum atomic E-state index is -0.909. The molecule has 0 atom stereocenters. The van der Waals surface area contributed by atoms with Crippen LogP contribution in [0.4, 0.5) is 0 Å². The number of hydrogen-bond donors (Lipinski definition) is 1. The number of hydrogen-bond acceptors (Lipinski definition) is 4. The summed E-state index contributed by atoms with van der Waals surface area (Å²) in [6.07, 6.45) is 3.03. The molecule has 0 aromatic heterocycles. The summed E-state index contributed by atoms with van der Waals surface area (Å²) >= 11 is 0. The Morgan fingerprint density at radius 3 is 2.33 bits per heavy atom. The summed E-state index contributed by atoms with van der Waals surface area (Å²) < 4.78 is 16.1. The molecule has 0 spiro atoms. The van der Waals surface area contributed by atoms with Gasteiger partial charge >= 0.3 is 5.97 Å². The van der Waals surface area contributed by atoms with Crippen LogP contribution in [0.3, 0.4) is 0 Å². The molecule has 1 aromatic carbocycles. The smallest absolute Gasteiger partial charge is 0.314 e. The van der Waals surface area contributed by atoms with Crippen LogP contribution in [0.25, 0.3) is 0 Å². The summed E-state index contributed by atoms with van der Waals surface area (Å²) in [6, 6.07) is 3.66. The lowest BCUT2D eigenvalue weighted by molar-refractivity contribution is -0.143. The van der Waals surface area contributed by atoms with E-state index in [-0.39, 0.29) is 0 Å². The van der Waals surface area contributed by atoms with Gasteiger partial charge in [-0.15, -0.1) is 0 Å². The van der Waals surface area contributed by atoms with Crippen LogP contribution in [0.1, 0.15) is 36.8 Å². The lowest BCUT2D eigenvalue weighted by Crippen LogP contribution is -2.34. The minimum absolute atomic E-state index is 0.352. The summed E-state index contributed by atoms with van der Waals surface area (Å²) in [4.78, 5) is 12.0. The second kappa shape index (κ2) is 6.35. The molecule has 0 saturated heterocycles. The van der Waals surface area contributed by atoms with Crippen molar-refractivity contribution in [3.05, 3.63) is 23.3 Å². The lowest BCUT2D eigenvalue weighted by atomic mass is 9.76. The molecule has 0 bridgehead atoms. The Morgan fingerprint density at radius 2 is 1.86 bits per heavy atom. The van der Waals surface area contributed by atoms with E-state index >= 15 is 0 Å². The molecule has 1 aromatic rings. The van der Waals surface area contributed by atoms with Crippen LogP contribution in [0, 0.1) is 0 Å². The Balaban J connectivity index is 2.70. The fourth-order valence-electron chi connectivity index (χ4n) is 3.32. The third-order valence-corrected chi connectivity index (χ3v) is 4.28. The number of aliphatic carboxylic acids is 1. The molecule has 0 amide bonds. The molecular weight excluding hydrogens is 272 g/mol. The van der Waals surface area contributed by atoms with Gasteiger partial charge in [0.2, 0.25) is 0 Å². The van der Waals surface area contributed by atoms with E-state index in [0.29, 0.717) is 36.5 Å². The Hall–Kier alpha value is -1.75. The average Bonchev–Trinajstić information content (AvgIpc) is 2.97. The van der Waals surface area contributed by atoms with Crippen LogP contribution in [-0.4, -0.2) is 32.4 Å². The van der Waals surface area contributed by atoms with E-state index in [4.69, 9.17) is 14.2 Å². The Morgan fingerprint density at radius 1 is 1.19 bits per heavy atom. The Labute approximate surface area is 124 Å². The van der Waals surface area contributed by atoms with Gasteiger partial charge in [0.1, 0.15) is 0 Å². The van der Waals surface area contributed by atoms with E-state index in [9.17, 15) is 9.90 Å². The number of carboxylic acid groups (broad SMARTS) is 1. The van der Waals surface area contributed by atoms with E-state index in [1.165, 1.54) is 0 Å². The second-order valence-electron chi connectivity index (χ2n) is 5.36. The third-order valence-electron chi connectivity index (χ3n) is 4.28. The van der Waals surface area contributed by atoms with Crippen molar-refractivity contribution in [3.63, 3.8) is 0 Å². The maximum Gasteiger partial charge on any atom is 0.314 e. The quantitative estimate of drug-likeness (QED) is 0.874. The topological polar surface area (TPSA) is 65.0 Å². The summed E-state index contributed by atoms with van der Waals surface area (Å²) in [5, 5.41) is 9.86. The van der Waals surface area contributed by atoms with Crippen molar-refractivity contribution in [1.82, 2.24) is 0 Å². The third kappa shape index (κ3) is 2.58. The van der Waals surface area contributed by atoms with Gasteiger partial charge in [-0.1, -0.05) is 18.9 Å². The number of carbonyl (C=O) groups is 1. The molecule has 5 heteroatoms. The van der Waals surface area contributed by atoms with E-state index < -0.39 is 11.4 Å². The molecule has 1 aliphatic rings. The number of ether oxygens (including phenoxy) is 3. The monoisotopic (exact) mass is 294 g/mol. The lowest BCUT2D eigenvalue weighted by Gasteiger charge is -2.29. The first-order valence-corrected chi connectivity index (χ1v) is 7.07. The van der Waals surface area contributed by atoms with E-state index in [2.05, 4.69) is 0 Å². The normalized spacial score (nSPS) is 16.7. The zero-order chi connectivity index (χ0) is 15.5. The largest absolute Gasteiger partial charge is 0.493 e. The molecule has 1 N–H and O–H groups in total. The van der Waals surface area contributed by atoms with Gasteiger partial charge < -0.3 is 19.3 Å². The average molecular weight is 294 g/mol. The summed E-state index contributed by atoms with van der Waals surface area (Å²) in [5.74, 6) is 0.264. The molecule has 0 unspecified atom stereocenters. The molecule has 5 nitrogen and oxygen atoms in total. The van der Waals surface area contributed by atoms with E-state index in [1.54, 1.807) is 27.4 Å². The standard InChI is InChI=1S/C16H22O5/c1-19-10-11-6-7-12(20-2)14(21-3)13(11)16(15(17)18)8-4-5-9-16/h6-7H,4-5,8-10H2,1-3H3,(H,17,18). The van der Waals surface area contributed by atoms with Crippen molar-refractivity contribution in [2.24, 2.45) is 0 Å². The SMILES string of the molecule is COCc1ccc(OC)c(OC)c1C1(C(=O)O)CCCC1. The first-order valence-electron chi connectivity index (χ1n) is 7.07. The highest BCUT2D eigenvalue weighted by Gasteiger charge is 2.46. The first-order chi connectivity index (χ1) is 10.1. The minimum Gasteiger partial charge on any atom is -0.493 e. The van der Waals surface area contributed by atoms with Crippen LogP contribution in [-0.2, 0) is 21.6 Å². The van der Waals surface area contributed by atoms with Crippen molar-refractivity contribution < 1.29 is 24.1 Å². The van der Waals surface area contributed by atoms with Crippen LogP contribution >= 0.6 is 0 Å².